The van der Waals surface area contributed by atoms with Gasteiger partial charge in [0.05, 0.1) is 18.8 Å². The van der Waals surface area contributed by atoms with Crippen molar-refractivity contribution >= 4 is 23.6 Å². The Balaban J connectivity index is 1.73. The van der Waals surface area contributed by atoms with Crippen LogP contribution in [0.4, 0.5) is 24.7 Å². The Morgan fingerprint density at radius 1 is 1.21 bits per heavy atom. The summed E-state index contributed by atoms with van der Waals surface area (Å²) < 4.78 is 49.2. The molecular weight excluding hydrogens is 375 g/mol. The molecule has 2 aromatic rings. The van der Waals surface area contributed by atoms with E-state index in [9.17, 15) is 23.2 Å². The van der Waals surface area contributed by atoms with Crippen LogP contribution in [-0.4, -0.2) is 32.2 Å². The van der Waals surface area contributed by atoms with Crippen molar-refractivity contribution in [3.05, 3.63) is 53.3 Å². The number of carbonyl (C=O) groups excluding carboxylic acids is 1. The second kappa shape index (κ2) is 8.19. The molecule has 1 amide bonds. The first-order valence-electron chi connectivity index (χ1n) is 8.40. The molecule has 0 aliphatic carbocycles. The molecule has 1 saturated heterocycles. The van der Waals surface area contributed by atoms with Crippen LogP contribution in [0.5, 0.6) is 0 Å². The van der Waals surface area contributed by atoms with Crippen molar-refractivity contribution in [1.29, 1.82) is 5.26 Å². The maximum absolute atomic E-state index is 12.8. The number of benzene rings is 1. The molecule has 146 valence electrons. The lowest BCUT2D eigenvalue weighted by atomic mass is 10.1. The molecule has 1 fully saturated rings. The van der Waals surface area contributed by atoms with Gasteiger partial charge in [-0.2, -0.15) is 18.4 Å². The highest BCUT2D eigenvalue weighted by molar-refractivity contribution is 6.09. The van der Waals surface area contributed by atoms with Gasteiger partial charge in [0, 0.05) is 30.9 Å². The first-order valence-corrected chi connectivity index (χ1v) is 8.40. The van der Waals surface area contributed by atoms with E-state index in [-0.39, 0.29) is 17.0 Å². The van der Waals surface area contributed by atoms with Gasteiger partial charge < -0.3 is 19.4 Å². The highest BCUT2D eigenvalue weighted by atomic mass is 19.4. The van der Waals surface area contributed by atoms with Crippen LogP contribution in [0.1, 0.15) is 11.3 Å². The Hall–Kier alpha value is -3.25. The van der Waals surface area contributed by atoms with E-state index < -0.39 is 17.6 Å². The SMILES string of the molecule is N#C/C(=C/c1ccc(N2CCOCC2)o1)C(=O)Nc1cccc(C(F)(F)F)c1. The fraction of sp³-hybridized carbons (Fsp3) is 0.263. The number of morpholine rings is 1. The predicted octanol–water partition coefficient (Wildman–Crippen LogP) is 3.68. The Bertz CT molecular complexity index is 922. The van der Waals surface area contributed by atoms with E-state index in [1.807, 2.05) is 4.90 Å². The molecule has 1 aromatic heterocycles. The largest absolute Gasteiger partial charge is 0.441 e. The molecule has 3 rings (SSSR count). The van der Waals surface area contributed by atoms with Gasteiger partial charge in [-0.1, -0.05) is 6.07 Å². The lowest BCUT2D eigenvalue weighted by molar-refractivity contribution is -0.137. The second-order valence-electron chi connectivity index (χ2n) is 5.98. The average Bonchev–Trinajstić information content (AvgIpc) is 3.15. The first-order chi connectivity index (χ1) is 13.4. The summed E-state index contributed by atoms with van der Waals surface area (Å²) >= 11 is 0. The van der Waals surface area contributed by atoms with Crippen LogP contribution in [0, 0.1) is 11.3 Å². The van der Waals surface area contributed by atoms with Gasteiger partial charge in [-0.05, 0) is 24.3 Å². The third-order valence-corrected chi connectivity index (χ3v) is 4.03. The monoisotopic (exact) mass is 391 g/mol. The summed E-state index contributed by atoms with van der Waals surface area (Å²) in [6, 6.07) is 9.25. The van der Waals surface area contributed by atoms with Crippen LogP contribution < -0.4 is 10.2 Å². The molecule has 2 heterocycles. The van der Waals surface area contributed by atoms with Crippen LogP contribution >= 0.6 is 0 Å². The predicted molar refractivity (Wildman–Crippen MR) is 95.4 cm³/mol. The van der Waals surface area contributed by atoms with Gasteiger partial charge in [0.25, 0.3) is 5.91 Å². The van der Waals surface area contributed by atoms with Gasteiger partial charge in [-0.15, -0.1) is 0 Å². The molecule has 0 atom stereocenters. The number of halogens is 3. The topological polar surface area (TPSA) is 78.5 Å². The maximum atomic E-state index is 12.8. The number of furan rings is 1. The summed E-state index contributed by atoms with van der Waals surface area (Å²) in [5.41, 5.74) is -1.25. The number of hydrogen-bond donors (Lipinski definition) is 1. The van der Waals surface area contributed by atoms with Gasteiger partial charge in [-0.3, -0.25) is 4.79 Å². The minimum atomic E-state index is -4.53. The van der Waals surface area contributed by atoms with E-state index in [0.29, 0.717) is 32.2 Å². The fourth-order valence-corrected chi connectivity index (χ4v) is 2.64. The van der Waals surface area contributed by atoms with Crippen molar-refractivity contribution in [3.8, 4) is 6.07 Å². The quantitative estimate of drug-likeness (QED) is 0.635. The second-order valence-corrected chi connectivity index (χ2v) is 5.98. The Morgan fingerprint density at radius 3 is 2.64 bits per heavy atom. The van der Waals surface area contributed by atoms with Gasteiger partial charge in [0.1, 0.15) is 17.4 Å². The summed E-state index contributed by atoms with van der Waals surface area (Å²) in [6.07, 6.45) is -3.29. The van der Waals surface area contributed by atoms with Gasteiger partial charge in [0.15, 0.2) is 5.88 Å². The third-order valence-electron chi connectivity index (χ3n) is 4.03. The Morgan fingerprint density at radius 2 is 1.96 bits per heavy atom. The minimum absolute atomic E-state index is 0.0607. The van der Waals surface area contributed by atoms with Gasteiger partial charge >= 0.3 is 6.18 Å². The molecule has 1 aromatic carbocycles. The van der Waals surface area contributed by atoms with Crippen molar-refractivity contribution in [2.24, 2.45) is 0 Å². The van der Waals surface area contributed by atoms with Crippen LogP contribution in [0.2, 0.25) is 0 Å². The molecule has 28 heavy (non-hydrogen) atoms. The van der Waals surface area contributed by atoms with E-state index in [1.165, 1.54) is 18.2 Å². The molecule has 0 spiro atoms. The highest BCUT2D eigenvalue weighted by Gasteiger charge is 2.30. The van der Waals surface area contributed by atoms with Crippen LogP contribution in [0.3, 0.4) is 0 Å². The molecule has 0 bridgehead atoms. The van der Waals surface area contributed by atoms with Crippen molar-refractivity contribution in [2.45, 2.75) is 6.18 Å². The molecule has 1 aliphatic heterocycles. The minimum Gasteiger partial charge on any atom is -0.441 e. The van der Waals surface area contributed by atoms with E-state index in [2.05, 4.69) is 5.32 Å². The summed E-state index contributed by atoms with van der Waals surface area (Å²) in [5, 5.41) is 11.5. The number of nitriles is 1. The molecular formula is C19H16F3N3O3. The molecule has 6 nitrogen and oxygen atoms in total. The molecule has 1 N–H and O–H groups in total. The summed E-state index contributed by atoms with van der Waals surface area (Å²) in [4.78, 5) is 14.2. The lowest BCUT2D eigenvalue weighted by Crippen LogP contribution is -2.35. The molecule has 1 aliphatic rings. The number of carbonyl (C=O) groups is 1. The van der Waals surface area contributed by atoms with Crippen molar-refractivity contribution < 1.29 is 27.1 Å². The van der Waals surface area contributed by atoms with Gasteiger partial charge in [-0.25, -0.2) is 0 Å². The summed E-state index contributed by atoms with van der Waals surface area (Å²) in [7, 11) is 0. The number of alkyl halides is 3. The van der Waals surface area contributed by atoms with Crippen molar-refractivity contribution in [3.63, 3.8) is 0 Å². The van der Waals surface area contributed by atoms with Crippen LogP contribution in [0.15, 0.2) is 46.4 Å². The fourth-order valence-electron chi connectivity index (χ4n) is 2.64. The average molecular weight is 391 g/mol. The Labute approximate surface area is 158 Å². The number of nitrogens with zero attached hydrogens (tertiary/aromatic N) is 2. The van der Waals surface area contributed by atoms with E-state index >= 15 is 0 Å². The zero-order chi connectivity index (χ0) is 20.1. The van der Waals surface area contributed by atoms with Crippen LogP contribution in [0.25, 0.3) is 6.08 Å². The van der Waals surface area contributed by atoms with Gasteiger partial charge in [0.2, 0.25) is 0 Å². The number of rotatable bonds is 4. The molecule has 0 saturated carbocycles. The van der Waals surface area contributed by atoms with Crippen molar-refractivity contribution in [1.82, 2.24) is 0 Å². The van der Waals surface area contributed by atoms with E-state index in [0.717, 1.165) is 12.1 Å². The first kappa shape index (κ1) is 19.5. The summed E-state index contributed by atoms with van der Waals surface area (Å²) in [5.74, 6) is 0.0495. The number of ether oxygens (including phenoxy) is 1. The zero-order valence-corrected chi connectivity index (χ0v) is 14.6. The Kier molecular flexibility index (Phi) is 5.70. The lowest BCUT2D eigenvalue weighted by Gasteiger charge is -2.26. The number of hydrogen-bond acceptors (Lipinski definition) is 5. The van der Waals surface area contributed by atoms with E-state index in [4.69, 9.17) is 9.15 Å². The number of nitrogens with one attached hydrogen (secondary N) is 1. The third kappa shape index (κ3) is 4.72. The normalized spacial score (nSPS) is 15.2. The number of anilines is 2. The molecule has 0 unspecified atom stereocenters. The molecule has 0 radical (unpaired) electrons. The smallest absolute Gasteiger partial charge is 0.416 e. The van der Waals surface area contributed by atoms with Crippen LogP contribution in [-0.2, 0) is 15.7 Å². The van der Waals surface area contributed by atoms with Crippen molar-refractivity contribution in [2.75, 3.05) is 36.5 Å². The highest BCUT2D eigenvalue weighted by Crippen LogP contribution is 2.30. The van der Waals surface area contributed by atoms with E-state index in [1.54, 1.807) is 18.2 Å². The number of amides is 1. The standard InChI is InChI=1S/C19H16F3N3O3/c20-19(21,22)14-2-1-3-15(11-14)24-18(26)13(12-23)10-16-4-5-17(28-16)25-6-8-27-9-7-25/h1-5,10-11H,6-9H2,(H,24,26)/b13-10-. The summed E-state index contributed by atoms with van der Waals surface area (Å²) in [6.45, 7) is 2.49. The molecule has 9 heteroatoms. The maximum Gasteiger partial charge on any atom is 0.416 e. The zero-order valence-electron chi connectivity index (χ0n) is 14.6.